The van der Waals surface area contributed by atoms with Crippen LogP contribution in [0.3, 0.4) is 0 Å². The molecule has 1 heterocycles. The zero-order valence-electron chi connectivity index (χ0n) is 13.5. The summed E-state index contributed by atoms with van der Waals surface area (Å²) in [4.78, 5) is 4.79. The molecular weight excluding hydrogens is 278 g/mol. The molecule has 0 unspecified atom stereocenters. The van der Waals surface area contributed by atoms with Gasteiger partial charge in [-0.15, -0.1) is 0 Å². The van der Waals surface area contributed by atoms with E-state index in [1.165, 1.54) is 12.8 Å². The van der Waals surface area contributed by atoms with Gasteiger partial charge in [-0.1, -0.05) is 13.3 Å². The van der Waals surface area contributed by atoms with E-state index in [0.717, 1.165) is 48.1 Å². The lowest BCUT2D eigenvalue weighted by atomic mass is 10.1. The van der Waals surface area contributed by atoms with Crippen LogP contribution in [0.15, 0.2) is 18.2 Å². The predicted octanol–water partition coefficient (Wildman–Crippen LogP) is 3.64. The number of hydrogen-bond acceptors (Lipinski definition) is 4. The molecule has 0 amide bonds. The second-order valence-electron chi connectivity index (χ2n) is 5.71. The van der Waals surface area contributed by atoms with Crippen molar-refractivity contribution in [2.45, 2.75) is 45.1 Å². The first kappa shape index (κ1) is 14.9. The zero-order valence-corrected chi connectivity index (χ0v) is 13.5. The van der Waals surface area contributed by atoms with Gasteiger partial charge in [-0.05, 0) is 31.4 Å². The SMILES string of the molecule is CCCCn1nc(C2CC2)nc1-c1ccc(OC)cc1OC. The van der Waals surface area contributed by atoms with Gasteiger partial charge in [-0.3, -0.25) is 0 Å². The molecule has 5 nitrogen and oxygen atoms in total. The van der Waals surface area contributed by atoms with E-state index in [1.807, 2.05) is 22.9 Å². The molecule has 1 aromatic heterocycles. The number of rotatable bonds is 7. The molecule has 0 radical (unpaired) electrons. The Balaban J connectivity index is 2.01. The van der Waals surface area contributed by atoms with Crippen LogP contribution in [0.2, 0.25) is 0 Å². The molecule has 0 bridgehead atoms. The van der Waals surface area contributed by atoms with Gasteiger partial charge in [0.15, 0.2) is 11.6 Å². The third-order valence-electron chi connectivity index (χ3n) is 4.00. The third-order valence-corrected chi connectivity index (χ3v) is 4.00. The first-order valence-corrected chi connectivity index (χ1v) is 7.94. The highest BCUT2D eigenvalue weighted by atomic mass is 16.5. The van der Waals surface area contributed by atoms with Gasteiger partial charge in [0, 0.05) is 18.5 Å². The Morgan fingerprint density at radius 3 is 2.68 bits per heavy atom. The summed E-state index contributed by atoms with van der Waals surface area (Å²) in [6.45, 7) is 3.08. The van der Waals surface area contributed by atoms with Crippen molar-refractivity contribution in [3.63, 3.8) is 0 Å². The van der Waals surface area contributed by atoms with Crippen LogP contribution in [0.5, 0.6) is 11.5 Å². The highest BCUT2D eigenvalue weighted by molar-refractivity contribution is 5.66. The lowest BCUT2D eigenvalue weighted by Crippen LogP contribution is -2.04. The molecule has 1 aromatic carbocycles. The molecule has 3 rings (SSSR count). The third kappa shape index (κ3) is 2.93. The number of unbranched alkanes of at least 4 members (excludes halogenated alkanes) is 1. The number of hydrogen-bond donors (Lipinski definition) is 0. The summed E-state index contributed by atoms with van der Waals surface area (Å²) in [6.07, 6.45) is 4.64. The van der Waals surface area contributed by atoms with E-state index in [2.05, 4.69) is 6.92 Å². The van der Waals surface area contributed by atoms with Crippen LogP contribution in [0.25, 0.3) is 11.4 Å². The summed E-state index contributed by atoms with van der Waals surface area (Å²) in [5.74, 6) is 3.97. The van der Waals surface area contributed by atoms with Crippen molar-refractivity contribution in [3.8, 4) is 22.9 Å². The zero-order chi connectivity index (χ0) is 15.5. The molecule has 0 saturated heterocycles. The highest BCUT2D eigenvalue weighted by Crippen LogP contribution is 2.40. The first-order chi connectivity index (χ1) is 10.8. The largest absolute Gasteiger partial charge is 0.497 e. The van der Waals surface area contributed by atoms with E-state index in [0.29, 0.717) is 5.92 Å². The van der Waals surface area contributed by atoms with Crippen molar-refractivity contribution in [1.82, 2.24) is 14.8 Å². The van der Waals surface area contributed by atoms with Crippen LogP contribution in [-0.2, 0) is 6.54 Å². The molecule has 2 aromatic rings. The minimum Gasteiger partial charge on any atom is -0.497 e. The van der Waals surface area contributed by atoms with Crippen molar-refractivity contribution in [1.29, 1.82) is 0 Å². The lowest BCUT2D eigenvalue weighted by molar-refractivity contribution is 0.395. The Hall–Kier alpha value is -2.04. The number of ether oxygens (including phenoxy) is 2. The average Bonchev–Trinajstić information content (AvgIpc) is 3.32. The maximum absolute atomic E-state index is 5.53. The summed E-state index contributed by atoms with van der Waals surface area (Å²) >= 11 is 0. The molecular formula is C17H23N3O2. The average molecular weight is 301 g/mol. The quantitative estimate of drug-likeness (QED) is 0.783. The fraction of sp³-hybridized carbons (Fsp3) is 0.529. The van der Waals surface area contributed by atoms with E-state index in [9.17, 15) is 0 Å². The fourth-order valence-corrected chi connectivity index (χ4v) is 2.52. The van der Waals surface area contributed by atoms with Gasteiger partial charge in [-0.2, -0.15) is 5.10 Å². The van der Waals surface area contributed by atoms with Crippen LogP contribution >= 0.6 is 0 Å². The monoisotopic (exact) mass is 301 g/mol. The van der Waals surface area contributed by atoms with Crippen molar-refractivity contribution in [3.05, 3.63) is 24.0 Å². The van der Waals surface area contributed by atoms with Gasteiger partial charge >= 0.3 is 0 Å². The van der Waals surface area contributed by atoms with Gasteiger partial charge in [-0.25, -0.2) is 9.67 Å². The van der Waals surface area contributed by atoms with Crippen LogP contribution < -0.4 is 9.47 Å². The molecule has 0 atom stereocenters. The van der Waals surface area contributed by atoms with E-state index >= 15 is 0 Å². The molecule has 22 heavy (non-hydrogen) atoms. The minimum absolute atomic E-state index is 0.547. The molecule has 0 N–H and O–H groups in total. The van der Waals surface area contributed by atoms with Gasteiger partial charge < -0.3 is 9.47 Å². The van der Waals surface area contributed by atoms with E-state index in [1.54, 1.807) is 14.2 Å². The maximum atomic E-state index is 5.53. The Morgan fingerprint density at radius 2 is 2.05 bits per heavy atom. The van der Waals surface area contributed by atoms with Crippen LogP contribution in [0.4, 0.5) is 0 Å². The van der Waals surface area contributed by atoms with Gasteiger partial charge in [0.1, 0.15) is 11.5 Å². The summed E-state index contributed by atoms with van der Waals surface area (Å²) < 4.78 is 12.8. The van der Waals surface area contributed by atoms with E-state index < -0.39 is 0 Å². The fourth-order valence-electron chi connectivity index (χ4n) is 2.52. The minimum atomic E-state index is 0.547. The Labute approximate surface area is 131 Å². The molecule has 0 spiro atoms. The molecule has 5 heteroatoms. The summed E-state index contributed by atoms with van der Waals surface area (Å²) in [6, 6.07) is 5.83. The van der Waals surface area contributed by atoms with Crippen molar-refractivity contribution < 1.29 is 9.47 Å². The van der Waals surface area contributed by atoms with Crippen LogP contribution in [0, 0.1) is 0 Å². The maximum Gasteiger partial charge on any atom is 0.162 e. The standard InChI is InChI=1S/C17H23N3O2/c1-4-5-10-20-17(18-16(19-20)12-6-7-12)14-9-8-13(21-2)11-15(14)22-3/h8-9,11-12H,4-7,10H2,1-3H3. The predicted molar refractivity (Wildman–Crippen MR) is 85.4 cm³/mol. The van der Waals surface area contributed by atoms with Gasteiger partial charge in [0.05, 0.1) is 19.8 Å². The normalized spacial score (nSPS) is 14.1. The first-order valence-electron chi connectivity index (χ1n) is 7.94. The highest BCUT2D eigenvalue weighted by Gasteiger charge is 2.29. The Morgan fingerprint density at radius 1 is 1.23 bits per heavy atom. The van der Waals surface area contributed by atoms with Gasteiger partial charge in [0.2, 0.25) is 0 Å². The molecule has 0 aliphatic heterocycles. The molecule has 1 fully saturated rings. The summed E-state index contributed by atoms with van der Waals surface area (Å²) in [5, 5.41) is 4.72. The number of benzene rings is 1. The molecule has 1 aliphatic rings. The van der Waals surface area contributed by atoms with E-state index in [4.69, 9.17) is 19.6 Å². The van der Waals surface area contributed by atoms with Crippen molar-refractivity contribution in [2.75, 3.05) is 14.2 Å². The lowest BCUT2D eigenvalue weighted by Gasteiger charge is -2.11. The molecule has 1 aliphatic carbocycles. The van der Waals surface area contributed by atoms with Crippen LogP contribution in [0.1, 0.15) is 44.3 Å². The number of methoxy groups -OCH3 is 2. The van der Waals surface area contributed by atoms with Crippen molar-refractivity contribution >= 4 is 0 Å². The number of aryl methyl sites for hydroxylation is 1. The summed E-state index contributed by atoms with van der Waals surface area (Å²) in [5.41, 5.74) is 0.971. The second kappa shape index (κ2) is 6.38. The Bertz CT molecular complexity index is 647. The summed E-state index contributed by atoms with van der Waals surface area (Å²) in [7, 11) is 3.33. The second-order valence-corrected chi connectivity index (χ2v) is 5.71. The topological polar surface area (TPSA) is 49.2 Å². The van der Waals surface area contributed by atoms with Gasteiger partial charge in [0.25, 0.3) is 0 Å². The van der Waals surface area contributed by atoms with Crippen LogP contribution in [-0.4, -0.2) is 29.0 Å². The van der Waals surface area contributed by atoms with Crippen molar-refractivity contribution in [2.24, 2.45) is 0 Å². The number of aromatic nitrogens is 3. The Kier molecular flexibility index (Phi) is 4.32. The molecule has 118 valence electrons. The smallest absolute Gasteiger partial charge is 0.162 e. The molecule has 1 saturated carbocycles. The van der Waals surface area contributed by atoms with E-state index in [-0.39, 0.29) is 0 Å². The number of nitrogens with zero attached hydrogens (tertiary/aromatic N) is 3.